The molecule has 1 fully saturated rings. The SMILES string of the molecule is CSCCC(NC(=O)c1ccccc1Cl)C(=O)NCc1ccc(N(C)C2CCCCC2)cc1. The van der Waals surface area contributed by atoms with Gasteiger partial charge in [0.25, 0.3) is 5.91 Å². The third kappa shape index (κ3) is 7.41. The number of halogens is 1. The first-order valence-corrected chi connectivity index (χ1v) is 13.4. The lowest BCUT2D eigenvalue weighted by molar-refractivity contribution is -0.123. The standard InChI is InChI=1S/C26H34ClN3O2S/c1-30(20-8-4-3-5-9-20)21-14-12-19(13-15-21)18-28-26(32)24(16-17-33-2)29-25(31)22-10-6-7-11-23(22)27/h6-7,10-15,20,24H,3-5,8-9,16-18H2,1-2H3,(H,28,32)(H,29,31). The van der Waals surface area contributed by atoms with Gasteiger partial charge in [-0.1, -0.05) is 55.1 Å². The Bertz CT molecular complexity index is 916. The predicted molar refractivity (Wildman–Crippen MR) is 139 cm³/mol. The van der Waals surface area contributed by atoms with Crippen LogP contribution in [-0.2, 0) is 11.3 Å². The van der Waals surface area contributed by atoms with Gasteiger partial charge in [-0.15, -0.1) is 0 Å². The molecule has 0 aromatic heterocycles. The smallest absolute Gasteiger partial charge is 0.253 e. The maximum Gasteiger partial charge on any atom is 0.253 e. The number of hydrogen-bond acceptors (Lipinski definition) is 4. The average molecular weight is 488 g/mol. The highest BCUT2D eigenvalue weighted by molar-refractivity contribution is 7.98. The highest BCUT2D eigenvalue weighted by Gasteiger charge is 2.22. The van der Waals surface area contributed by atoms with Gasteiger partial charge in [0.15, 0.2) is 0 Å². The van der Waals surface area contributed by atoms with E-state index < -0.39 is 6.04 Å². The van der Waals surface area contributed by atoms with E-state index in [9.17, 15) is 9.59 Å². The van der Waals surface area contributed by atoms with Crippen LogP contribution in [0.5, 0.6) is 0 Å². The van der Waals surface area contributed by atoms with Crippen LogP contribution in [0.3, 0.4) is 0 Å². The van der Waals surface area contributed by atoms with Crippen molar-refractivity contribution in [3.63, 3.8) is 0 Å². The largest absolute Gasteiger partial charge is 0.372 e. The molecule has 0 aliphatic heterocycles. The topological polar surface area (TPSA) is 61.4 Å². The molecule has 2 aromatic carbocycles. The molecule has 1 aliphatic rings. The van der Waals surface area contributed by atoms with E-state index in [1.807, 2.05) is 6.26 Å². The summed E-state index contributed by atoms with van der Waals surface area (Å²) in [7, 11) is 2.17. The summed E-state index contributed by atoms with van der Waals surface area (Å²) in [6, 6.07) is 15.2. The number of amides is 2. The molecule has 33 heavy (non-hydrogen) atoms. The summed E-state index contributed by atoms with van der Waals surface area (Å²) >= 11 is 7.78. The van der Waals surface area contributed by atoms with Gasteiger partial charge < -0.3 is 15.5 Å². The molecule has 0 spiro atoms. The summed E-state index contributed by atoms with van der Waals surface area (Å²) in [5.41, 5.74) is 2.62. The fraction of sp³-hybridized carbons (Fsp3) is 0.462. The Balaban J connectivity index is 1.56. The van der Waals surface area contributed by atoms with Crippen LogP contribution in [0.25, 0.3) is 0 Å². The minimum absolute atomic E-state index is 0.187. The Morgan fingerprint density at radius 2 is 1.79 bits per heavy atom. The number of hydrogen-bond donors (Lipinski definition) is 2. The number of carbonyl (C=O) groups excluding carboxylic acids is 2. The van der Waals surface area contributed by atoms with Crippen LogP contribution in [0.15, 0.2) is 48.5 Å². The summed E-state index contributed by atoms with van der Waals surface area (Å²) in [5, 5.41) is 6.20. The molecule has 5 nitrogen and oxygen atoms in total. The monoisotopic (exact) mass is 487 g/mol. The van der Waals surface area contributed by atoms with Gasteiger partial charge in [0.05, 0.1) is 10.6 Å². The Morgan fingerprint density at radius 1 is 1.09 bits per heavy atom. The molecule has 7 heteroatoms. The average Bonchev–Trinajstić information content (AvgIpc) is 2.85. The number of nitrogens with zero attached hydrogens (tertiary/aromatic N) is 1. The third-order valence-electron chi connectivity index (χ3n) is 6.28. The number of benzene rings is 2. The van der Waals surface area contributed by atoms with Crippen molar-refractivity contribution >= 4 is 40.9 Å². The molecule has 1 saturated carbocycles. The molecule has 0 saturated heterocycles. The van der Waals surface area contributed by atoms with E-state index in [4.69, 9.17) is 11.6 Å². The van der Waals surface area contributed by atoms with Gasteiger partial charge in [0.1, 0.15) is 6.04 Å². The van der Waals surface area contributed by atoms with Crippen molar-refractivity contribution in [3.8, 4) is 0 Å². The number of rotatable bonds is 10. The molecular formula is C26H34ClN3O2S. The van der Waals surface area contributed by atoms with E-state index in [-0.39, 0.29) is 11.8 Å². The zero-order valence-electron chi connectivity index (χ0n) is 19.5. The molecule has 1 atom stereocenters. The molecule has 2 N–H and O–H groups in total. The van der Waals surface area contributed by atoms with Crippen LogP contribution in [-0.4, -0.2) is 43.0 Å². The number of carbonyl (C=O) groups is 2. The lowest BCUT2D eigenvalue weighted by Gasteiger charge is -2.33. The Kier molecular flexibility index (Phi) is 9.95. The molecule has 0 radical (unpaired) electrons. The maximum atomic E-state index is 12.9. The highest BCUT2D eigenvalue weighted by Crippen LogP contribution is 2.26. The second kappa shape index (κ2) is 12.9. The lowest BCUT2D eigenvalue weighted by Crippen LogP contribution is -2.47. The number of nitrogens with one attached hydrogen (secondary N) is 2. The van der Waals surface area contributed by atoms with Gasteiger partial charge in [-0.25, -0.2) is 0 Å². The van der Waals surface area contributed by atoms with E-state index in [0.717, 1.165) is 11.3 Å². The van der Waals surface area contributed by atoms with Crippen LogP contribution in [0, 0.1) is 0 Å². The van der Waals surface area contributed by atoms with Crippen molar-refractivity contribution in [1.29, 1.82) is 0 Å². The van der Waals surface area contributed by atoms with Gasteiger partial charge in [-0.05, 0) is 61.1 Å². The Hall–Kier alpha value is -2.18. The summed E-state index contributed by atoms with van der Waals surface area (Å²) in [6.07, 6.45) is 9.01. The first-order chi connectivity index (χ1) is 16.0. The molecule has 3 rings (SSSR count). The molecule has 1 aliphatic carbocycles. The molecule has 2 aromatic rings. The van der Waals surface area contributed by atoms with Crippen LogP contribution in [0.2, 0.25) is 5.02 Å². The second-order valence-corrected chi connectivity index (χ2v) is 9.97. The van der Waals surface area contributed by atoms with Crippen molar-refractivity contribution in [2.45, 2.75) is 57.2 Å². The minimum atomic E-state index is -0.613. The van der Waals surface area contributed by atoms with Gasteiger partial charge in [0.2, 0.25) is 5.91 Å². The van der Waals surface area contributed by atoms with Gasteiger partial charge in [0, 0.05) is 25.3 Å². The van der Waals surface area contributed by atoms with E-state index in [1.165, 1.54) is 37.8 Å². The molecule has 2 amide bonds. The summed E-state index contributed by atoms with van der Waals surface area (Å²) < 4.78 is 0. The predicted octanol–water partition coefficient (Wildman–Crippen LogP) is 5.28. The zero-order valence-corrected chi connectivity index (χ0v) is 21.1. The fourth-order valence-electron chi connectivity index (χ4n) is 4.23. The van der Waals surface area contributed by atoms with E-state index in [2.05, 4.69) is 46.8 Å². The highest BCUT2D eigenvalue weighted by atomic mass is 35.5. The summed E-state index contributed by atoms with van der Waals surface area (Å²) in [6.45, 7) is 0.421. The van der Waals surface area contributed by atoms with Crippen LogP contribution < -0.4 is 15.5 Å². The van der Waals surface area contributed by atoms with E-state index in [0.29, 0.717) is 29.6 Å². The lowest BCUT2D eigenvalue weighted by atomic mass is 9.94. The maximum absolute atomic E-state index is 12.9. The van der Waals surface area contributed by atoms with E-state index >= 15 is 0 Å². The fourth-order valence-corrected chi connectivity index (χ4v) is 4.92. The van der Waals surface area contributed by atoms with Crippen molar-refractivity contribution in [1.82, 2.24) is 10.6 Å². The van der Waals surface area contributed by atoms with Crippen LogP contribution in [0.4, 0.5) is 5.69 Å². The second-order valence-electron chi connectivity index (χ2n) is 8.57. The first-order valence-electron chi connectivity index (χ1n) is 11.6. The normalized spacial score (nSPS) is 15.0. The number of thioether (sulfide) groups is 1. The molecule has 0 heterocycles. The molecule has 0 bridgehead atoms. The quantitative estimate of drug-likeness (QED) is 0.478. The van der Waals surface area contributed by atoms with Crippen molar-refractivity contribution in [3.05, 3.63) is 64.7 Å². The van der Waals surface area contributed by atoms with Gasteiger partial charge >= 0.3 is 0 Å². The van der Waals surface area contributed by atoms with E-state index in [1.54, 1.807) is 36.0 Å². The van der Waals surface area contributed by atoms with Gasteiger partial charge in [-0.3, -0.25) is 9.59 Å². The van der Waals surface area contributed by atoms with Crippen LogP contribution in [0.1, 0.15) is 54.4 Å². The third-order valence-corrected chi connectivity index (χ3v) is 7.26. The molecule has 178 valence electrons. The van der Waals surface area contributed by atoms with Crippen LogP contribution >= 0.6 is 23.4 Å². The Morgan fingerprint density at radius 3 is 2.45 bits per heavy atom. The summed E-state index contributed by atoms with van der Waals surface area (Å²) in [4.78, 5) is 27.9. The van der Waals surface area contributed by atoms with Crippen molar-refractivity contribution < 1.29 is 9.59 Å². The minimum Gasteiger partial charge on any atom is -0.372 e. The summed E-state index contributed by atoms with van der Waals surface area (Å²) in [5.74, 6) is 0.244. The Labute approximate surface area is 206 Å². The molecule has 1 unspecified atom stereocenters. The number of anilines is 1. The zero-order chi connectivity index (χ0) is 23.6. The van der Waals surface area contributed by atoms with Gasteiger partial charge in [-0.2, -0.15) is 11.8 Å². The van der Waals surface area contributed by atoms with Crippen molar-refractivity contribution in [2.75, 3.05) is 24.0 Å². The van der Waals surface area contributed by atoms with Crippen molar-refractivity contribution in [2.24, 2.45) is 0 Å². The molecular weight excluding hydrogens is 454 g/mol. The first kappa shape index (κ1) is 25.4.